The van der Waals surface area contributed by atoms with Gasteiger partial charge in [0.1, 0.15) is 16.4 Å². The molecule has 0 radical (unpaired) electrons. The van der Waals surface area contributed by atoms with E-state index in [-0.39, 0.29) is 23.3 Å². The molecule has 0 aliphatic carbocycles. The van der Waals surface area contributed by atoms with Gasteiger partial charge in [0, 0.05) is 28.4 Å². The first kappa shape index (κ1) is 21.8. The van der Waals surface area contributed by atoms with Gasteiger partial charge in [-0.25, -0.2) is 4.98 Å². The standard InChI is InChI=1S/C24H25N3O4S/c1-5-9-31-20-12-25-17(11-19(20)28)13-27-15(3)26-23-22(24(27)29)21(14(2)32-23)16-7-6-8-18(10-16)30-4/h6-8,10-12H,5,9,13H2,1-4H3,(H,25,28). The summed E-state index contributed by atoms with van der Waals surface area (Å²) < 4.78 is 12.4. The maximum absolute atomic E-state index is 13.6. The van der Waals surface area contributed by atoms with Crippen molar-refractivity contribution in [3.05, 3.63) is 73.5 Å². The summed E-state index contributed by atoms with van der Waals surface area (Å²) in [4.78, 5) is 35.4. The lowest BCUT2D eigenvalue weighted by molar-refractivity contribution is 0.313. The number of thiophene rings is 1. The van der Waals surface area contributed by atoms with Crippen LogP contribution in [0.1, 0.15) is 29.7 Å². The number of hydrogen-bond acceptors (Lipinski definition) is 6. The third-order valence-corrected chi connectivity index (χ3v) is 6.26. The number of hydrogen-bond donors (Lipinski definition) is 1. The predicted octanol–water partition coefficient (Wildman–Crippen LogP) is 4.28. The fraction of sp³-hybridized carbons (Fsp3) is 0.292. The SMILES string of the molecule is CCCOc1c[nH]c(Cn2c(C)nc3sc(C)c(-c4cccc(OC)c4)c3c2=O)cc1=O. The van der Waals surface area contributed by atoms with Gasteiger partial charge in [0.2, 0.25) is 5.43 Å². The van der Waals surface area contributed by atoms with Crippen molar-refractivity contribution in [3.8, 4) is 22.6 Å². The lowest BCUT2D eigenvalue weighted by Gasteiger charge is -2.11. The first-order chi connectivity index (χ1) is 15.4. The van der Waals surface area contributed by atoms with Gasteiger partial charge in [0.05, 0.1) is 25.6 Å². The highest BCUT2D eigenvalue weighted by molar-refractivity contribution is 7.19. The molecule has 0 unspecified atom stereocenters. The number of fused-ring (bicyclic) bond motifs is 1. The van der Waals surface area contributed by atoms with Crippen molar-refractivity contribution >= 4 is 21.6 Å². The predicted molar refractivity (Wildman–Crippen MR) is 127 cm³/mol. The molecule has 32 heavy (non-hydrogen) atoms. The maximum atomic E-state index is 13.6. The Morgan fingerprint density at radius 2 is 2.00 bits per heavy atom. The Morgan fingerprint density at radius 1 is 1.19 bits per heavy atom. The molecule has 0 atom stereocenters. The van der Waals surface area contributed by atoms with E-state index in [4.69, 9.17) is 14.5 Å². The molecule has 166 valence electrons. The van der Waals surface area contributed by atoms with Crippen LogP contribution >= 0.6 is 11.3 Å². The number of methoxy groups -OCH3 is 1. The Bertz CT molecular complexity index is 1400. The van der Waals surface area contributed by atoms with E-state index in [9.17, 15) is 9.59 Å². The van der Waals surface area contributed by atoms with E-state index in [2.05, 4.69) is 4.98 Å². The van der Waals surface area contributed by atoms with Crippen LogP contribution in [0.25, 0.3) is 21.3 Å². The molecule has 4 aromatic rings. The molecule has 0 spiro atoms. The highest BCUT2D eigenvalue weighted by Crippen LogP contribution is 2.37. The number of pyridine rings is 1. The van der Waals surface area contributed by atoms with Gasteiger partial charge in [-0.05, 0) is 38.0 Å². The van der Waals surface area contributed by atoms with Gasteiger partial charge < -0.3 is 14.5 Å². The molecule has 7 nitrogen and oxygen atoms in total. The molecule has 0 fully saturated rings. The molecule has 1 aromatic carbocycles. The van der Waals surface area contributed by atoms with Crippen LogP contribution in [0.5, 0.6) is 11.5 Å². The smallest absolute Gasteiger partial charge is 0.263 e. The van der Waals surface area contributed by atoms with E-state index in [0.29, 0.717) is 28.3 Å². The first-order valence-electron chi connectivity index (χ1n) is 10.4. The van der Waals surface area contributed by atoms with E-state index in [1.54, 1.807) is 24.8 Å². The van der Waals surface area contributed by atoms with Gasteiger partial charge in [-0.2, -0.15) is 0 Å². The third-order valence-electron chi connectivity index (χ3n) is 5.26. The summed E-state index contributed by atoms with van der Waals surface area (Å²) in [6.45, 7) is 6.47. The maximum Gasteiger partial charge on any atom is 0.263 e. The number of ether oxygens (including phenoxy) is 2. The number of H-pyrrole nitrogens is 1. The minimum atomic E-state index is -0.213. The number of benzene rings is 1. The summed E-state index contributed by atoms with van der Waals surface area (Å²) in [5.41, 5.74) is 2.04. The number of aromatic nitrogens is 3. The van der Waals surface area contributed by atoms with Crippen molar-refractivity contribution in [2.45, 2.75) is 33.7 Å². The molecule has 0 saturated heterocycles. The molecule has 8 heteroatoms. The molecule has 3 aromatic heterocycles. The molecule has 0 aliphatic heterocycles. The molecule has 0 saturated carbocycles. The fourth-order valence-corrected chi connectivity index (χ4v) is 4.78. The van der Waals surface area contributed by atoms with Crippen LogP contribution in [-0.4, -0.2) is 28.3 Å². The van der Waals surface area contributed by atoms with E-state index in [1.807, 2.05) is 38.1 Å². The minimum Gasteiger partial charge on any atom is -0.497 e. The normalized spacial score (nSPS) is 11.1. The summed E-state index contributed by atoms with van der Waals surface area (Å²) in [6.07, 6.45) is 2.37. The highest BCUT2D eigenvalue weighted by Gasteiger charge is 2.19. The Morgan fingerprint density at radius 3 is 2.72 bits per heavy atom. The number of rotatable bonds is 7. The van der Waals surface area contributed by atoms with Crippen molar-refractivity contribution in [1.82, 2.24) is 14.5 Å². The van der Waals surface area contributed by atoms with Crippen molar-refractivity contribution in [1.29, 1.82) is 0 Å². The Kier molecular flexibility index (Phi) is 6.14. The average molecular weight is 452 g/mol. The topological polar surface area (TPSA) is 86.2 Å². The summed E-state index contributed by atoms with van der Waals surface area (Å²) >= 11 is 1.50. The highest BCUT2D eigenvalue weighted by atomic mass is 32.1. The van der Waals surface area contributed by atoms with Crippen molar-refractivity contribution in [2.75, 3.05) is 13.7 Å². The quantitative estimate of drug-likeness (QED) is 0.453. The second kappa shape index (κ2) is 9.00. The Labute approximate surface area is 189 Å². The summed E-state index contributed by atoms with van der Waals surface area (Å²) in [6, 6.07) is 9.14. The lowest BCUT2D eigenvalue weighted by atomic mass is 10.0. The summed E-state index contributed by atoms with van der Waals surface area (Å²) in [7, 11) is 1.62. The van der Waals surface area contributed by atoms with Crippen molar-refractivity contribution in [2.24, 2.45) is 0 Å². The Hall–Kier alpha value is -3.39. The van der Waals surface area contributed by atoms with Crippen molar-refractivity contribution in [3.63, 3.8) is 0 Å². The number of aromatic amines is 1. The van der Waals surface area contributed by atoms with Crippen LogP contribution in [0, 0.1) is 13.8 Å². The van der Waals surface area contributed by atoms with Gasteiger partial charge in [-0.15, -0.1) is 11.3 Å². The summed E-state index contributed by atoms with van der Waals surface area (Å²) in [5, 5.41) is 0.580. The second-order valence-electron chi connectivity index (χ2n) is 7.53. The van der Waals surface area contributed by atoms with Gasteiger partial charge in [0.25, 0.3) is 5.56 Å². The number of nitrogens with zero attached hydrogens (tertiary/aromatic N) is 2. The van der Waals surface area contributed by atoms with Crippen LogP contribution < -0.4 is 20.5 Å². The van der Waals surface area contributed by atoms with Gasteiger partial charge in [-0.1, -0.05) is 19.1 Å². The monoisotopic (exact) mass is 451 g/mol. The molecular formula is C24H25N3O4S. The average Bonchev–Trinajstić information content (AvgIpc) is 3.11. The van der Waals surface area contributed by atoms with Crippen molar-refractivity contribution < 1.29 is 9.47 Å². The van der Waals surface area contributed by atoms with Gasteiger partial charge in [0.15, 0.2) is 5.75 Å². The molecular weight excluding hydrogens is 426 g/mol. The van der Waals surface area contributed by atoms with Crippen LogP contribution in [0.4, 0.5) is 0 Å². The van der Waals surface area contributed by atoms with Crippen LogP contribution in [-0.2, 0) is 6.54 Å². The molecule has 0 amide bonds. The third kappa shape index (κ3) is 4.05. The molecule has 1 N–H and O–H groups in total. The van der Waals surface area contributed by atoms with Crippen LogP contribution in [0.3, 0.4) is 0 Å². The largest absolute Gasteiger partial charge is 0.497 e. The Balaban J connectivity index is 1.81. The van der Waals surface area contributed by atoms with E-state index in [1.165, 1.54) is 17.4 Å². The zero-order chi connectivity index (χ0) is 22.8. The summed E-state index contributed by atoms with van der Waals surface area (Å²) in [5.74, 6) is 1.60. The lowest BCUT2D eigenvalue weighted by Crippen LogP contribution is -2.25. The van der Waals surface area contributed by atoms with E-state index < -0.39 is 0 Å². The minimum absolute atomic E-state index is 0.137. The van der Waals surface area contributed by atoms with E-state index >= 15 is 0 Å². The zero-order valence-electron chi connectivity index (χ0n) is 18.5. The molecule has 3 heterocycles. The van der Waals surface area contributed by atoms with Gasteiger partial charge >= 0.3 is 0 Å². The van der Waals surface area contributed by atoms with Crippen LogP contribution in [0.2, 0.25) is 0 Å². The number of aryl methyl sites for hydroxylation is 2. The van der Waals surface area contributed by atoms with Crippen LogP contribution in [0.15, 0.2) is 46.1 Å². The van der Waals surface area contributed by atoms with Gasteiger partial charge in [-0.3, -0.25) is 14.2 Å². The molecule has 4 rings (SSSR count). The first-order valence-corrected chi connectivity index (χ1v) is 11.2. The number of nitrogens with one attached hydrogen (secondary N) is 1. The molecule has 0 aliphatic rings. The molecule has 0 bridgehead atoms. The fourth-order valence-electron chi connectivity index (χ4n) is 3.70. The zero-order valence-corrected chi connectivity index (χ0v) is 19.3. The van der Waals surface area contributed by atoms with E-state index in [0.717, 1.165) is 28.2 Å². The second-order valence-corrected chi connectivity index (χ2v) is 8.73.